The molecule has 0 aliphatic carbocycles. The van der Waals surface area contributed by atoms with Crippen LogP contribution in [0.15, 0.2) is 24.3 Å². The molecule has 1 rings (SSSR count). The molecular weight excluding hydrogens is 160 g/mol. The number of aryl methyl sites for hydroxylation is 1. The van der Waals surface area contributed by atoms with Crippen molar-refractivity contribution in [1.82, 2.24) is 0 Å². The summed E-state index contributed by atoms with van der Waals surface area (Å²) in [5, 5.41) is 9.24. The van der Waals surface area contributed by atoms with Gasteiger partial charge in [0.1, 0.15) is 6.10 Å². The van der Waals surface area contributed by atoms with Crippen LogP contribution in [0.3, 0.4) is 0 Å². The fourth-order valence-corrected chi connectivity index (χ4v) is 0.976. The minimum Gasteiger partial charge on any atom is -0.380 e. The Morgan fingerprint density at radius 2 is 2.08 bits per heavy atom. The van der Waals surface area contributed by atoms with Crippen LogP contribution < -0.4 is 0 Å². The zero-order valence-electron chi connectivity index (χ0n) is 8.04. The Bertz CT molecular complexity index is 330. The molecule has 0 unspecified atom stereocenters. The Kier molecular flexibility index (Phi) is 3.54. The summed E-state index contributed by atoms with van der Waals surface area (Å²) in [6, 6.07) is 7.92. The highest BCUT2D eigenvalue weighted by molar-refractivity contribution is 5.40. The van der Waals surface area contributed by atoms with Crippen molar-refractivity contribution in [2.45, 2.75) is 26.4 Å². The molecule has 0 aliphatic heterocycles. The largest absolute Gasteiger partial charge is 0.380 e. The van der Waals surface area contributed by atoms with Crippen LogP contribution in [-0.2, 0) is 0 Å². The molecule has 1 nitrogen and oxygen atoms in total. The summed E-state index contributed by atoms with van der Waals surface area (Å²) in [5.41, 5.74) is 2.15. The summed E-state index contributed by atoms with van der Waals surface area (Å²) >= 11 is 0. The van der Waals surface area contributed by atoms with E-state index in [4.69, 9.17) is 0 Å². The first-order valence-corrected chi connectivity index (χ1v) is 4.49. The van der Waals surface area contributed by atoms with Crippen molar-refractivity contribution in [2.24, 2.45) is 0 Å². The van der Waals surface area contributed by atoms with Crippen LogP contribution in [-0.4, -0.2) is 11.2 Å². The fourth-order valence-electron chi connectivity index (χ4n) is 0.976. The lowest BCUT2D eigenvalue weighted by Gasteiger charge is -1.97. The van der Waals surface area contributed by atoms with Gasteiger partial charge in [0.15, 0.2) is 0 Å². The van der Waals surface area contributed by atoms with E-state index < -0.39 is 6.10 Å². The smallest absolute Gasteiger partial charge is 0.114 e. The fraction of sp³-hybridized carbons (Fsp3) is 0.333. The molecule has 0 fully saturated rings. The third-order valence-electron chi connectivity index (χ3n) is 1.91. The zero-order valence-corrected chi connectivity index (χ0v) is 8.04. The Morgan fingerprint density at radius 3 is 2.69 bits per heavy atom. The Labute approximate surface area is 79.4 Å². The normalized spacial score (nSPS) is 11.6. The average Bonchev–Trinajstić information content (AvgIpc) is 2.16. The van der Waals surface area contributed by atoms with Gasteiger partial charge in [-0.3, -0.25) is 0 Å². The van der Waals surface area contributed by atoms with Crippen molar-refractivity contribution in [1.29, 1.82) is 0 Å². The van der Waals surface area contributed by atoms with Gasteiger partial charge in [0.25, 0.3) is 0 Å². The van der Waals surface area contributed by atoms with Gasteiger partial charge in [0, 0.05) is 5.56 Å². The molecule has 0 amide bonds. The van der Waals surface area contributed by atoms with Crippen LogP contribution in [0.4, 0.5) is 0 Å². The van der Waals surface area contributed by atoms with Crippen molar-refractivity contribution in [2.75, 3.05) is 0 Å². The van der Waals surface area contributed by atoms with E-state index >= 15 is 0 Å². The Hall–Kier alpha value is -1.26. The number of benzene rings is 1. The molecule has 0 aliphatic rings. The zero-order chi connectivity index (χ0) is 9.68. The Morgan fingerprint density at radius 1 is 1.38 bits per heavy atom. The van der Waals surface area contributed by atoms with Crippen LogP contribution in [0.1, 0.15) is 24.5 Å². The molecule has 1 aromatic carbocycles. The van der Waals surface area contributed by atoms with E-state index in [2.05, 4.69) is 11.8 Å². The summed E-state index contributed by atoms with van der Waals surface area (Å²) in [6.07, 6.45) is 0.179. The summed E-state index contributed by atoms with van der Waals surface area (Å²) in [5.74, 6) is 5.76. The maximum atomic E-state index is 9.24. The molecule has 0 radical (unpaired) electrons. The third-order valence-corrected chi connectivity index (χ3v) is 1.91. The highest BCUT2D eigenvalue weighted by Gasteiger charge is 1.93. The van der Waals surface area contributed by atoms with Gasteiger partial charge in [0.2, 0.25) is 0 Å². The summed E-state index contributed by atoms with van der Waals surface area (Å²) in [6.45, 7) is 3.93. The van der Waals surface area contributed by atoms with E-state index in [9.17, 15) is 5.11 Å². The number of hydrogen-bond donors (Lipinski definition) is 1. The molecule has 68 valence electrons. The quantitative estimate of drug-likeness (QED) is 0.646. The van der Waals surface area contributed by atoms with Crippen molar-refractivity contribution in [3.8, 4) is 11.8 Å². The maximum absolute atomic E-state index is 9.24. The van der Waals surface area contributed by atoms with Crippen LogP contribution >= 0.6 is 0 Å². The minimum absolute atomic E-state index is 0.500. The monoisotopic (exact) mass is 174 g/mol. The second-order valence-electron chi connectivity index (χ2n) is 3.01. The van der Waals surface area contributed by atoms with E-state index in [-0.39, 0.29) is 0 Å². The number of hydrogen-bond acceptors (Lipinski definition) is 1. The van der Waals surface area contributed by atoms with E-state index in [0.717, 1.165) is 11.1 Å². The molecule has 0 saturated heterocycles. The average molecular weight is 174 g/mol. The third kappa shape index (κ3) is 2.93. The number of rotatable bonds is 1. The predicted octanol–water partition coefficient (Wildman–Crippen LogP) is 2.12. The number of aliphatic hydroxyl groups is 1. The SMILES string of the molecule is CC[C@@H](O)C#Cc1ccccc1C. The van der Waals surface area contributed by atoms with Gasteiger partial charge < -0.3 is 5.11 Å². The molecule has 1 N–H and O–H groups in total. The molecule has 0 heterocycles. The lowest BCUT2D eigenvalue weighted by atomic mass is 10.1. The van der Waals surface area contributed by atoms with Crippen LogP contribution in [0.25, 0.3) is 0 Å². The first kappa shape index (κ1) is 9.83. The first-order chi connectivity index (χ1) is 6.24. The van der Waals surface area contributed by atoms with Gasteiger partial charge in [-0.25, -0.2) is 0 Å². The highest BCUT2D eigenvalue weighted by Crippen LogP contribution is 2.04. The van der Waals surface area contributed by atoms with E-state index in [1.165, 1.54) is 0 Å². The van der Waals surface area contributed by atoms with Gasteiger partial charge in [0.05, 0.1) is 0 Å². The second kappa shape index (κ2) is 4.69. The molecule has 0 spiro atoms. The van der Waals surface area contributed by atoms with Crippen molar-refractivity contribution >= 4 is 0 Å². The van der Waals surface area contributed by atoms with E-state index in [1.807, 2.05) is 38.1 Å². The maximum Gasteiger partial charge on any atom is 0.114 e. The Balaban J connectivity index is 2.83. The van der Waals surface area contributed by atoms with E-state index in [0.29, 0.717) is 6.42 Å². The lowest BCUT2D eigenvalue weighted by molar-refractivity contribution is 0.228. The molecule has 13 heavy (non-hydrogen) atoms. The second-order valence-corrected chi connectivity index (χ2v) is 3.01. The highest BCUT2D eigenvalue weighted by atomic mass is 16.3. The standard InChI is InChI=1S/C12H14O/c1-3-12(13)9-8-11-7-5-4-6-10(11)2/h4-7,12-13H,3H2,1-2H3/t12-/m1/s1. The molecule has 1 atom stereocenters. The van der Waals surface area contributed by atoms with Crippen molar-refractivity contribution in [3.05, 3.63) is 35.4 Å². The summed E-state index contributed by atoms with van der Waals surface area (Å²) < 4.78 is 0. The molecule has 1 aromatic rings. The predicted molar refractivity (Wildman–Crippen MR) is 54.4 cm³/mol. The van der Waals surface area contributed by atoms with Crippen molar-refractivity contribution < 1.29 is 5.11 Å². The topological polar surface area (TPSA) is 20.2 Å². The van der Waals surface area contributed by atoms with E-state index in [1.54, 1.807) is 0 Å². The van der Waals surface area contributed by atoms with Crippen LogP contribution in [0.5, 0.6) is 0 Å². The molecular formula is C12H14O. The van der Waals surface area contributed by atoms with Gasteiger partial charge >= 0.3 is 0 Å². The summed E-state index contributed by atoms with van der Waals surface area (Å²) in [4.78, 5) is 0. The number of aliphatic hydroxyl groups excluding tert-OH is 1. The van der Waals surface area contributed by atoms with Crippen LogP contribution in [0.2, 0.25) is 0 Å². The molecule has 1 heteroatoms. The van der Waals surface area contributed by atoms with Gasteiger partial charge in [-0.2, -0.15) is 0 Å². The van der Waals surface area contributed by atoms with Crippen molar-refractivity contribution in [3.63, 3.8) is 0 Å². The lowest BCUT2D eigenvalue weighted by Crippen LogP contribution is -1.99. The molecule has 0 saturated carbocycles. The van der Waals surface area contributed by atoms with Gasteiger partial charge in [-0.15, -0.1) is 0 Å². The molecule has 0 bridgehead atoms. The summed E-state index contributed by atoms with van der Waals surface area (Å²) in [7, 11) is 0. The first-order valence-electron chi connectivity index (χ1n) is 4.49. The van der Waals surface area contributed by atoms with Crippen LogP contribution in [0, 0.1) is 18.8 Å². The molecule has 0 aromatic heterocycles. The van der Waals surface area contributed by atoms with Gasteiger partial charge in [-0.1, -0.05) is 37.0 Å². The van der Waals surface area contributed by atoms with Gasteiger partial charge in [-0.05, 0) is 25.0 Å². The minimum atomic E-state index is -0.500.